The van der Waals surface area contributed by atoms with Crippen LogP contribution in [0.3, 0.4) is 0 Å². The van der Waals surface area contributed by atoms with Gasteiger partial charge in [0.1, 0.15) is 23.3 Å². The highest BCUT2D eigenvalue weighted by molar-refractivity contribution is 5.49. The Labute approximate surface area is 763 Å². The third kappa shape index (κ3) is 31.8. The molecular formula is C104H148N24. The third-order valence-electron chi connectivity index (χ3n) is 21.3. The molecule has 2 aliphatic carbocycles. The molecule has 15 heterocycles. The summed E-state index contributed by atoms with van der Waals surface area (Å²) in [7, 11) is 0. The molecule has 0 bridgehead atoms. The lowest BCUT2D eigenvalue weighted by Crippen LogP contribution is -2.13. The molecule has 0 atom stereocenters. The van der Waals surface area contributed by atoms with Crippen LogP contribution < -0.4 is 0 Å². The van der Waals surface area contributed by atoms with Crippen LogP contribution in [-0.4, -0.2) is 118 Å². The van der Waals surface area contributed by atoms with Crippen molar-refractivity contribution < 1.29 is 0 Å². The Kier molecular flexibility index (Phi) is 32.9. The van der Waals surface area contributed by atoms with Crippen molar-refractivity contribution in [2.75, 3.05) is 0 Å². The van der Waals surface area contributed by atoms with Gasteiger partial charge in [-0.3, -0.25) is 9.97 Å². The summed E-state index contributed by atoms with van der Waals surface area (Å²) in [6, 6.07) is 14.4. The molecule has 2 saturated carbocycles. The Morgan fingerprint density at radius 1 is 0.234 bits per heavy atom. The summed E-state index contributed by atoms with van der Waals surface area (Å²) < 4.78 is 9.37. The SMILES string of the molecule is CC(C)(C)c1cnc(C2CC2)nc1.CC(C)(C)c1cnc2cc(C3CC3)nn2c1.CC(C)(C)c1cnc2ccnn2c1.Cc1cc2ccc(C(C)(C)C)cn2n1.Cc1cc2ncc(C(C)(C)C)cn2n1.Cc1cc2ncc(C(C)(C)C)cn2n1.Cc1cnc(C(C)(C)C)cn1.Cc1ncc(C(C)(C)C)cn1.Cc1ncc(C(C)(C)C)cn1.Cc1ncc(C(C)(C)C)cn1. The summed E-state index contributed by atoms with van der Waals surface area (Å²) >= 11 is 0. The van der Waals surface area contributed by atoms with Crippen molar-refractivity contribution in [3.05, 3.63) is 274 Å². The second-order valence-corrected chi connectivity index (χ2v) is 44.1. The van der Waals surface area contributed by atoms with Crippen LogP contribution in [0, 0.1) is 48.5 Å². The monoisotopic (exact) mass is 1730 g/mol. The average Bonchev–Trinajstić information content (AvgIpc) is 1.63. The largest absolute Gasteiger partial charge is 0.258 e. The molecule has 684 valence electrons. The molecule has 128 heavy (non-hydrogen) atoms. The van der Waals surface area contributed by atoms with Gasteiger partial charge >= 0.3 is 0 Å². The second kappa shape index (κ2) is 41.3. The number of hydrogen-bond acceptors (Lipinski definition) is 19. The molecule has 0 unspecified atom stereocenters. The van der Waals surface area contributed by atoms with E-state index >= 15 is 0 Å². The van der Waals surface area contributed by atoms with Crippen molar-refractivity contribution >= 4 is 28.1 Å². The maximum atomic E-state index is 4.60. The van der Waals surface area contributed by atoms with Gasteiger partial charge in [-0.25, -0.2) is 82.4 Å². The topological polar surface area (TPSA) is 267 Å². The van der Waals surface area contributed by atoms with Crippen molar-refractivity contribution in [3.8, 4) is 0 Å². The lowest BCUT2D eigenvalue weighted by Gasteiger charge is -2.18. The molecule has 0 amide bonds. The fourth-order valence-corrected chi connectivity index (χ4v) is 11.8. The minimum absolute atomic E-state index is 0.112. The van der Waals surface area contributed by atoms with Crippen LogP contribution in [0.4, 0.5) is 0 Å². The Balaban J connectivity index is 0.000000176. The minimum Gasteiger partial charge on any atom is -0.258 e. The van der Waals surface area contributed by atoms with Crippen LogP contribution in [0.25, 0.3) is 28.1 Å². The molecule has 0 N–H and O–H groups in total. The van der Waals surface area contributed by atoms with Gasteiger partial charge in [-0.2, -0.15) is 25.5 Å². The second-order valence-electron chi connectivity index (χ2n) is 44.1. The molecule has 17 rings (SSSR count). The molecule has 0 saturated heterocycles. The first-order valence-corrected chi connectivity index (χ1v) is 44.8. The molecule has 2 aliphatic rings. The van der Waals surface area contributed by atoms with Crippen LogP contribution in [0.15, 0.2) is 166 Å². The Morgan fingerprint density at radius 2 is 0.539 bits per heavy atom. The molecule has 0 spiro atoms. The van der Waals surface area contributed by atoms with E-state index in [1.165, 1.54) is 81.4 Å². The molecule has 0 radical (unpaired) electrons. The normalized spacial score (nSPS) is 13.2. The summed E-state index contributed by atoms with van der Waals surface area (Å²) in [5, 5.41) is 21.8. The zero-order valence-corrected chi connectivity index (χ0v) is 84.3. The minimum atomic E-state index is 0.112. The number of nitrogens with zero attached hydrogens (tertiary/aromatic N) is 24. The van der Waals surface area contributed by atoms with Crippen molar-refractivity contribution in [1.29, 1.82) is 0 Å². The van der Waals surface area contributed by atoms with Crippen LogP contribution in [0.2, 0.25) is 0 Å². The maximum absolute atomic E-state index is 4.60. The number of hydrogen-bond donors (Lipinski definition) is 0. The number of pyridine rings is 1. The van der Waals surface area contributed by atoms with Gasteiger partial charge in [0, 0.05) is 159 Å². The van der Waals surface area contributed by atoms with Gasteiger partial charge < -0.3 is 0 Å². The smallest absolute Gasteiger partial charge is 0.155 e. The first-order valence-electron chi connectivity index (χ1n) is 44.8. The highest BCUT2D eigenvalue weighted by Gasteiger charge is 2.29. The third-order valence-corrected chi connectivity index (χ3v) is 21.3. The Bertz CT molecular complexity index is 5550. The number of aryl methyl sites for hydroxylation is 7. The highest BCUT2D eigenvalue weighted by atomic mass is 15.3. The van der Waals surface area contributed by atoms with Crippen LogP contribution in [0.5, 0.6) is 0 Å². The van der Waals surface area contributed by atoms with Crippen molar-refractivity contribution in [1.82, 2.24) is 118 Å². The standard InChI is InChI=1S/C13H17N3.C12H16N2.2C11H15N3.C11H16N2.C10H13N3.4C9H14N2/c1-13(2,3)10-7-14-12-6-11(9-4-5-9)15-16(12)8-10;1-9-7-11-6-5-10(12(2,3)4)8-14(11)13-9;2*1-8-5-10-12-6-9(11(2,3)4)7-14(10)13-8;1-11(2,3)9-6-12-10(13-7-9)8-4-5-8;1-10(2,3)8-6-11-9-4-5-12-13(9)7-8;3*1-7-10-5-8(6-11-7)9(2,3)4;1-7-5-11-8(6-10-7)9(2,3)4/h6-9H,4-5H2,1-3H3;5-8H,1-4H3;2*5-7H,1-4H3;6-8H,4-5H2,1-3H3;4-7H,1-3H3;4*5-6H,1-4H3. The highest BCUT2D eigenvalue weighted by Crippen LogP contribution is 2.40. The van der Waals surface area contributed by atoms with Gasteiger partial charge in [0.15, 0.2) is 22.6 Å². The van der Waals surface area contributed by atoms with E-state index in [2.05, 4.69) is 352 Å². The lowest BCUT2D eigenvalue weighted by molar-refractivity contribution is 0.564. The quantitative estimate of drug-likeness (QED) is 0.156. The fraction of sp³-hybridized carbons (Fsp3) is 0.510. The van der Waals surface area contributed by atoms with Crippen molar-refractivity contribution in [2.24, 2.45) is 0 Å². The molecule has 0 aliphatic heterocycles. The van der Waals surface area contributed by atoms with E-state index in [0.29, 0.717) is 11.8 Å². The zero-order valence-electron chi connectivity index (χ0n) is 84.3. The van der Waals surface area contributed by atoms with E-state index in [0.717, 1.165) is 79.9 Å². The van der Waals surface area contributed by atoms with Crippen LogP contribution >= 0.6 is 0 Å². The van der Waals surface area contributed by atoms with Crippen molar-refractivity contribution in [2.45, 2.75) is 348 Å². The van der Waals surface area contributed by atoms with E-state index in [4.69, 9.17) is 0 Å². The van der Waals surface area contributed by atoms with Gasteiger partial charge in [0.05, 0.1) is 45.9 Å². The predicted molar refractivity (Wildman–Crippen MR) is 521 cm³/mol. The first kappa shape index (κ1) is 102. The predicted octanol–water partition coefficient (Wildman–Crippen LogP) is 23.5. The van der Waals surface area contributed by atoms with Crippen molar-refractivity contribution in [3.63, 3.8) is 0 Å². The van der Waals surface area contributed by atoms with Gasteiger partial charge in [0.2, 0.25) is 0 Å². The van der Waals surface area contributed by atoms with E-state index < -0.39 is 0 Å². The average molecular weight is 1730 g/mol. The number of aromatic nitrogens is 24. The molecule has 24 nitrogen and oxygen atoms in total. The van der Waals surface area contributed by atoms with E-state index in [1.807, 2.05) is 171 Å². The fourth-order valence-electron chi connectivity index (χ4n) is 11.8. The summed E-state index contributed by atoms with van der Waals surface area (Å²) in [6.45, 7) is 78.7. The first-order chi connectivity index (χ1) is 59.1. The van der Waals surface area contributed by atoms with E-state index in [9.17, 15) is 0 Å². The number of rotatable bonds is 2. The summed E-state index contributed by atoms with van der Waals surface area (Å²) in [5.41, 5.74) is 23.5. The van der Waals surface area contributed by atoms with Gasteiger partial charge in [0.25, 0.3) is 0 Å². The molecule has 0 aromatic carbocycles. The van der Waals surface area contributed by atoms with Gasteiger partial charge in [-0.15, -0.1) is 0 Å². The summed E-state index contributed by atoms with van der Waals surface area (Å²) in [4.78, 5) is 59.6. The Morgan fingerprint density at radius 3 is 0.875 bits per heavy atom. The molecule has 2 fully saturated rings. The summed E-state index contributed by atoms with van der Waals surface area (Å²) in [6.07, 6.45) is 43.9. The Hall–Kier alpha value is -11.4. The van der Waals surface area contributed by atoms with Gasteiger partial charge in [-0.1, -0.05) is 214 Å². The molecule has 15 aromatic heterocycles. The number of fused-ring (bicyclic) bond motifs is 5. The van der Waals surface area contributed by atoms with E-state index in [-0.39, 0.29) is 54.1 Å². The zero-order chi connectivity index (χ0) is 95.3. The van der Waals surface area contributed by atoms with Crippen LogP contribution in [0.1, 0.15) is 353 Å². The maximum Gasteiger partial charge on any atom is 0.155 e. The molecule has 15 aromatic rings. The molecule has 24 heteroatoms. The lowest BCUT2D eigenvalue weighted by atomic mass is 9.88. The van der Waals surface area contributed by atoms with Gasteiger partial charge in [-0.05, 0) is 185 Å². The van der Waals surface area contributed by atoms with Crippen LogP contribution in [-0.2, 0) is 54.1 Å². The van der Waals surface area contributed by atoms with E-state index in [1.54, 1.807) is 16.9 Å². The summed E-state index contributed by atoms with van der Waals surface area (Å²) in [5.74, 6) is 4.89. The molecular weight excluding hydrogens is 1590 g/mol.